The van der Waals surface area contributed by atoms with Crippen LogP contribution in [0.4, 0.5) is 9.59 Å². The van der Waals surface area contributed by atoms with Gasteiger partial charge in [0, 0.05) is 13.6 Å². The number of nitrogens with zero attached hydrogens (tertiary/aromatic N) is 2. The molecule has 1 unspecified atom stereocenters. The highest BCUT2D eigenvalue weighted by atomic mass is 16.6. The number of amides is 2. The van der Waals surface area contributed by atoms with Crippen LogP contribution in [0.15, 0.2) is 30.3 Å². The molecule has 29 heavy (non-hydrogen) atoms. The van der Waals surface area contributed by atoms with E-state index >= 15 is 0 Å². The molecule has 1 rings (SSSR count). The standard InChI is InChI=1S/C21H32N2O6/c1-15(2)13-23(22(7)19(25)29-21(4,5)6)20(26)28-16(3)18(24)27-14-17-11-9-8-10-12-17/h8-12,15-16H,13-14H2,1-7H3. The molecular weight excluding hydrogens is 376 g/mol. The summed E-state index contributed by atoms with van der Waals surface area (Å²) in [6.45, 7) is 10.7. The third-order valence-electron chi connectivity index (χ3n) is 3.60. The Kier molecular flexibility index (Phi) is 8.94. The van der Waals surface area contributed by atoms with Crippen molar-refractivity contribution in [3.63, 3.8) is 0 Å². The predicted octanol–water partition coefficient (Wildman–Crippen LogP) is 3.99. The van der Waals surface area contributed by atoms with Crippen LogP contribution in [0.1, 0.15) is 47.1 Å². The SMILES string of the molecule is CC(C)CN(C(=O)OC(C)C(=O)OCc1ccccc1)N(C)C(=O)OC(C)(C)C. The Hall–Kier alpha value is -2.77. The fourth-order valence-corrected chi connectivity index (χ4v) is 2.20. The molecule has 0 N–H and O–H groups in total. The minimum atomic E-state index is -1.13. The molecule has 2 amide bonds. The van der Waals surface area contributed by atoms with Crippen molar-refractivity contribution in [2.45, 2.75) is 59.9 Å². The molecule has 0 spiro atoms. The van der Waals surface area contributed by atoms with Gasteiger partial charge in [-0.3, -0.25) is 0 Å². The van der Waals surface area contributed by atoms with Crippen molar-refractivity contribution < 1.29 is 28.6 Å². The average Bonchev–Trinajstić information content (AvgIpc) is 2.62. The van der Waals surface area contributed by atoms with Crippen molar-refractivity contribution in [3.05, 3.63) is 35.9 Å². The lowest BCUT2D eigenvalue weighted by Crippen LogP contribution is -2.51. The summed E-state index contributed by atoms with van der Waals surface area (Å²) in [7, 11) is 1.41. The molecule has 0 bridgehead atoms. The van der Waals surface area contributed by atoms with Gasteiger partial charge in [0.15, 0.2) is 6.10 Å². The number of esters is 1. The molecule has 0 aliphatic heterocycles. The van der Waals surface area contributed by atoms with E-state index < -0.39 is 29.9 Å². The van der Waals surface area contributed by atoms with Crippen LogP contribution in [0.25, 0.3) is 0 Å². The van der Waals surface area contributed by atoms with E-state index in [4.69, 9.17) is 14.2 Å². The molecule has 162 valence electrons. The van der Waals surface area contributed by atoms with E-state index in [1.54, 1.807) is 20.8 Å². The molecule has 1 aromatic carbocycles. The van der Waals surface area contributed by atoms with Gasteiger partial charge in [-0.25, -0.2) is 24.4 Å². The molecule has 1 atom stereocenters. The summed E-state index contributed by atoms with van der Waals surface area (Å²) >= 11 is 0. The van der Waals surface area contributed by atoms with Gasteiger partial charge in [-0.2, -0.15) is 0 Å². The molecule has 0 aliphatic rings. The first-order chi connectivity index (χ1) is 13.4. The third-order valence-corrected chi connectivity index (χ3v) is 3.60. The smallest absolute Gasteiger partial charge is 0.429 e. The van der Waals surface area contributed by atoms with Gasteiger partial charge in [0.05, 0.1) is 0 Å². The first-order valence-corrected chi connectivity index (χ1v) is 9.56. The highest BCUT2D eigenvalue weighted by Crippen LogP contribution is 2.14. The molecule has 8 nitrogen and oxygen atoms in total. The molecule has 0 radical (unpaired) electrons. The number of ether oxygens (including phenoxy) is 3. The van der Waals surface area contributed by atoms with Gasteiger partial charge in [-0.15, -0.1) is 0 Å². The summed E-state index contributed by atoms with van der Waals surface area (Å²) in [5.41, 5.74) is 0.110. The molecule has 0 saturated heterocycles. The van der Waals surface area contributed by atoms with Crippen LogP contribution in [0.2, 0.25) is 0 Å². The Labute approximate surface area is 172 Å². The Morgan fingerprint density at radius 3 is 2.10 bits per heavy atom. The Bertz CT molecular complexity index is 684. The Balaban J connectivity index is 2.72. The lowest BCUT2D eigenvalue weighted by Gasteiger charge is -2.34. The van der Waals surface area contributed by atoms with E-state index in [0.29, 0.717) is 0 Å². The highest BCUT2D eigenvalue weighted by Gasteiger charge is 2.31. The molecule has 0 fully saturated rings. The van der Waals surface area contributed by atoms with Gasteiger partial charge >= 0.3 is 18.2 Å². The number of benzene rings is 1. The fourth-order valence-electron chi connectivity index (χ4n) is 2.20. The highest BCUT2D eigenvalue weighted by molar-refractivity contribution is 5.79. The van der Waals surface area contributed by atoms with Crippen LogP contribution in [-0.2, 0) is 25.6 Å². The van der Waals surface area contributed by atoms with E-state index in [2.05, 4.69) is 0 Å². The topological polar surface area (TPSA) is 85.4 Å². The molecular formula is C21H32N2O6. The monoisotopic (exact) mass is 408 g/mol. The van der Waals surface area contributed by atoms with Gasteiger partial charge in [0.25, 0.3) is 0 Å². The first-order valence-electron chi connectivity index (χ1n) is 9.56. The van der Waals surface area contributed by atoms with Gasteiger partial charge in [-0.1, -0.05) is 44.2 Å². The van der Waals surface area contributed by atoms with Crippen molar-refractivity contribution in [1.82, 2.24) is 10.0 Å². The second kappa shape index (κ2) is 10.7. The number of carbonyl (C=O) groups is 3. The number of hydrogen-bond acceptors (Lipinski definition) is 6. The zero-order valence-corrected chi connectivity index (χ0v) is 18.3. The van der Waals surface area contributed by atoms with Crippen molar-refractivity contribution in [2.75, 3.05) is 13.6 Å². The van der Waals surface area contributed by atoms with Gasteiger partial charge in [-0.05, 0) is 39.2 Å². The molecule has 0 saturated carbocycles. The fraction of sp³-hybridized carbons (Fsp3) is 0.571. The van der Waals surface area contributed by atoms with Crippen LogP contribution < -0.4 is 0 Å². The summed E-state index contributed by atoms with van der Waals surface area (Å²) in [6, 6.07) is 9.18. The van der Waals surface area contributed by atoms with Gasteiger partial charge in [0.2, 0.25) is 0 Å². The normalized spacial score (nSPS) is 12.1. The number of hydrogen-bond donors (Lipinski definition) is 0. The zero-order chi connectivity index (χ0) is 22.2. The minimum Gasteiger partial charge on any atom is -0.458 e. The van der Waals surface area contributed by atoms with Crippen LogP contribution in [0.3, 0.4) is 0 Å². The maximum absolute atomic E-state index is 12.6. The minimum absolute atomic E-state index is 0.0489. The Morgan fingerprint density at radius 1 is 1.00 bits per heavy atom. The molecule has 0 heterocycles. The number of carbonyl (C=O) groups excluding carboxylic acids is 3. The van der Waals surface area contributed by atoms with Crippen molar-refractivity contribution in [1.29, 1.82) is 0 Å². The summed E-state index contributed by atoms with van der Waals surface area (Å²) in [6.07, 6.45) is -2.67. The maximum atomic E-state index is 12.6. The van der Waals surface area contributed by atoms with Crippen LogP contribution in [0, 0.1) is 5.92 Å². The van der Waals surface area contributed by atoms with Crippen molar-refractivity contribution in [2.24, 2.45) is 5.92 Å². The molecule has 8 heteroatoms. The Morgan fingerprint density at radius 2 is 1.59 bits per heavy atom. The van der Waals surface area contributed by atoms with E-state index in [-0.39, 0.29) is 19.1 Å². The van der Waals surface area contributed by atoms with Crippen LogP contribution in [0.5, 0.6) is 0 Å². The largest absolute Gasteiger partial charge is 0.458 e. The summed E-state index contributed by atoms with van der Waals surface area (Å²) < 4.78 is 15.7. The molecule has 0 aromatic heterocycles. The van der Waals surface area contributed by atoms with Gasteiger partial charge in [0.1, 0.15) is 12.2 Å². The third kappa shape index (κ3) is 8.85. The maximum Gasteiger partial charge on any atom is 0.429 e. The first kappa shape index (κ1) is 24.3. The second-order valence-corrected chi connectivity index (χ2v) is 8.10. The quantitative estimate of drug-likeness (QED) is 0.402. The van der Waals surface area contributed by atoms with E-state index in [1.807, 2.05) is 44.2 Å². The van der Waals surface area contributed by atoms with E-state index in [1.165, 1.54) is 14.0 Å². The van der Waals surface area contributed by atoms with Gasteiger partial charge < -0.3 is 14.2 Å². The van der Waals surface area contributed by atoms with E-state index in [9.17, 15) is 14.4 Å². The summed E-state index contributed by atoms with van der Waals surface area (Å²) in [4.78, 5) is 37.1. The van der Waals surface area contributed by atoms with E-state index in [0.717, 1.165) is 15.6 Å². The van der Waals surface area contributed by atoms with Crippen LogP contribution >= 0.6 is 0 Å². The lowest BCUT2D eigenvalue weighted by atomic mass is 10.2. The zero-order valence-electron chi connectivity index (χ0n) is 18.3. The lowest BCUT2D eigenvalue weighted by molar-refractivity contribution is -0.155. The van der Waals surface area contributed by atoms with Crippen LogP contribution in [-0.4, -0.2) is 53.5 Å². The van der Waals surface area contributed by atoms with Crippen molar-refractivity contribution >= 4 is 18.2 Å². The molecule has 0 aliphatic carbocycles. The second-order valence-electron chi connectivity index (χ2n) is 8.10. The van der Waals surface area contributed by atoms with Crippen molar-refractivity contribution in [3.8, 4) is 0 Å². The summed E-state index contributed by atoms with van der Waals surface area (Å²) in [5.74, 6) is -0.626. The predicted molar refractivity (Wildman–Crippen MR) is 108 cm³/mol. The number of hydrazine groups is 1. The summed E-state index contributed by atoms with van der Waals surface area (Å²) in [5, 5.41) is 2.16. The number of rotatable bonds is 6. The average molecular weight is 408 g/mol. The molecule has 1 aromatic rings.